The fourth-order valence-electron chi connectivity index (χ4n) is 5.14. The minimum Gasteiger partial charge on any atom is -0.303 e. The quantitative estimate of drug-likeness (QED) is 0.232. The molecule has 0 bridgehead atoms. The third-order valence-electron chi connectivity index (χ3n) is 7.09. The lowest BCUT2D eigenvalue weighted by atomic mass is 9.71. The summed E-state index contributed by atoms with van der Waals surface area (Å²) >= 11 is 0. The average Bonchev–Trinajstić information content (AvgIpc) is 2.89. The predicted octanol–water partition coefficient (Wildman–Crippen LogP) is 8.85. The lowest BCUT2D eigenvalue weighted by Gasteiger charge is -2.42. The molecule has 1 N–H and O–H groups in total. The number of nitrogens with one attached hydrogen (secondary N) is 1. The molecule has 0 aliphatic rings. The van der Waals surface area contributed by atoms with Gasteiger partial charge in [0.25, 0.3) is 0 Å². The number of benzene rings is 3. The number of hydrogen-bond acceptors (Lipinski definition) is 1. The predicted molar refractivity (Wildman–Crippen MR) is 144 cm³/mol. The third-order valence-corrected chi connectivity index (χ3v) is 7.09. The van der Waals surface area contributed by atoms with Gasteiger partial charge in [0.2, 0.25) is 0 Å². The van der Waals surface area contributed by atoms with E-state index in [9.17, 15) is 0 Å². The molecule has 1 unspecified atom stereocenters. The Morgan fingerprint density at radius 2 is 1.00 bits per heavy atom. The van der Waals surface area contributed by atoms with Crippen LogP contribution in [0, 0.1) is 0 Å². The van der Waals surface area contributed by atoms with Gasteiger partial charge in [0.1, 0.15) is 0 Å². The molecule has 3 aromatic carbocycles. The van der Waals surface area contributed by atoms with E-state index in [-0.39, 0.29) is 5.54 Å². The maximum atomic E-state index is 4.08. The van der Waals surface area contributed by atoms with Gasteiger partial charge in [0, 0.05) is 5.92 Å². The lowest BCUT2D eigenvalue weighted by Crippen LogP contribution is -2.48. The highest BCUT2D eigenvalue weighted by molar-refractivity contribution is 5.43. The zero-order valence-electron chi connectivity index (χ0n) is 20.8. The first-order chi connectivity index (χ1) is 16.3. The SMILES string of the molecule is CCCCCCCCCCCNC(c1ccccc1)(c1ccccc1)C(C)c1ccccc1. The van der Waals surface area contributed by atoms with E-state index in [1.807, 2.05) is 0 Å². The molecule has 0 saturated heterocycles. The van der Waals surface area contributed by atoms with Crippen molar-refractivity contribution in [2.45, 2.75) is 83.1 Å². The van der Waals surface area contributed by atoms with Crippen LogP contribution in [0.2, 0.25) is 0 Å². The highest BCUT2D eigenvalue weighted by Gasteiger charge is 2.39. The van der Waals surface area contributed by atoms with Gasteiger partial charge in [0.15, 0.2) is 0 Å². The van der Waals surface area contributed by atoms with Gasteiger partial charge in [-0.1, -0.05) is 156 Å². The van der Waals surface area contributed by atoms with Crippen molar-refractivity contribution in [2.75, 3.05) is 6.54 Å². The van der Waals surface area contributed by atoms with Crippen molar-refractivity contribution in [1.82, 2.24) is 5.32 Å². The summed E-state index contributed by atoms with van der Waals surface area (Å²) < 4.78 is 0. The van der Waals surface area contributed by atoms with Crippen molar-refractivity contribution in [3.8, 4) is 0 Å². The smallest absolute Gasteiger partial charge is 0.0757 e. The molecule has 0 spiro atoms. The van der Waals surface area contributed by atoms with E-state index in [0.29, 0.717) is 5.92 Å². The standard InChI is InChI=1S/C32H43N/c1-3-4-5-6-7-8-9-10-20-27-33-32(30-23-16-12-17-24-30,31-25-18-13-19-26-31)28(2)29-21-14-11-15-22-29/h11-19,21-26,28,33H,3-10,20,27H2,1-2H3. The Hall–Kier alpha value is -2.38. The van der Waals surface area contributed by atoms with Gasteiger partial charge < -0.3 is 5.32 Å². The molecule has 0 aliphatic heterocycles. The van der Waals surface area contributed by atoms with Crippen LogP contribution in [0.4, 0.5) is 0 Å². The van der Waals surface area contributed by atoms with E-state index in [1.54, 1.807) is 0 Å². The summed E-state index contributed by atoms with van der Waals surface area (Å²) in [4.78, 5) is 0. The molecule has 1 nitrogen and oxygen atoms in total. The van der Waals surface area contributed by atoms with Gasteiger partial charge in [-0.25, -0.2) is 0 Å². The normalized spacial score (nSPS) is 12.5. The fraction of sp³-hybridized carbons (Fsp3) is 0.438. The van der Waals surface area contributed by atoms with Gasteiger partial charge in [-0.05, 0) is 29.7 Å². The molecule has 0 fully saturated rings. The molecule has 0 amide bonds. The maximum Gasteiger partial charge on any atom is 0.0757 e. The van der Waals surface area contributed by atoms with Crippen molar-refractivity contribution in [1.29, 1.82) is 0 Å². The van der Waals surface area contributed by atoms with E-state index in [2.05, 4.69) is 110 Å². The molecule has 1 heteroatoms. The molecule has 3 aromatic rings. The molecule has 0 heterocycles. The van der Waals surface area contributed by atoms with Crippen molar-refractivity contribution >= 4 is 0 Å². The molecule has 0 saturated carbocycles. The summed E-state index contributed by atoms with van der Waals surface area (Å²) in [6.45, 7) is 5.69. The molecule has 1 atom stereocenters. The first kappa shape index (κ1) is 25.2. The van der Waals surface area contributed by atoms with Crippen LogP contribution in [-0.4, -0.2) is 6.54 Å². The summed E-state index contributed by atoms with van der Waals surface area (Å²) in [6, 6.07) is 33.0. The number of unbranched alkanes of at least 4 members (excludes halogenated alkanes) is 8. The van der Waals surface area contributed by atoms with Crippen molar-refractivity contribution in [2.24, 2.45) is 0 Å². The van der Waals surface area contributed by atoms with Crippen molar-refractivity contribution in [3.05, 3.63) is 108 Å². The Kier molecular flexibility index (Phi) is 10.7. The molecular weight excluding hydrogens is 398 g/mol. The van der Waals surface area contributed by atoms with Gasteiger partial charge in [-0.2, -0.15) is 0 Å². The summed E-state index contributed by atoms with van der Waals surface area (Å²) in [5.74, 6) is 0.294. The minimum atomic E-state index is -0.260. The molecule has 0 aliphatic carbocycles. The van der Waals surface area contributed by atoms with Crippen LogP contribution in [0.5, 0.6) is 0 Å². The van der Waals surface area contributed by atoms with Crippen molar-refractivity contribution < 1.29 is 0 Å². The fourth-order valence-corrected chi connectivity index (χ4v) is 5.14. The van der Waals surface area contributed by atoms with Gasteiger partial charge >= 0.3 is 0 Å². The van der Waals surface area contributed by atoms with Crippen LogP contribution in [0.15, 0.2) is 91.0 Å². The molecule has 3 rings (SSSR count). The van der Waals surface area contributed by atoms with Crippen LogP contribution in [-0.2, 0) is 5.54 Å². The lowest BCUT2D eigenvalue weighted by molar-refractivity contribution is 0.337. The zero-order valence-corrected chi connectivity index (χ0v) is 20.8. The van der Waals surface area contributed by atoms with Crippen LogP contribution in [0.25, 0.3) is 0 Å². The second-order valence-electron chi connectivity index (χ2n) is 9.43. The van der Waals surface area contributed by atoms with Crippen LogP contribution in [0.3, 0.4) is 0 Å². The molecule has 176 valence electrons. The van der Waals surface area contributed by atoms with Gasteiger partial charge in [-0.15, -0.1) is 0 Å². The van der Waals surface area contributed by atoms with E-state index in [4.69, 9.17) is 0 Å². The first-order valence-corrected chi connectivity index (χ1v) is 13.2. The van der Waals surface area contributed by atoms with Crippen LogP contribution >= 0.6 is 0 Å². The van der Waals surface area contributed by atoms with Crippen LogP contribution < -0.4 is 5.32 Å². The first-order valence-electron chi connectivity index (χ1n) is 13.2. The molecular formula is C32H43N. The summed E-state index contributed by atoms with van der Waals surface area (Å²) in [7, 11) is 0. The topological polar surface area (TPSA) is 12.0 Å². The van der Waals surface area contributed by atoms with E-state index in [1.165, 1.54) is 74.5 Å². The second kappa shape index (κ2) is 14.0. The van der Waals surface area contributed by atoms with E-state index >= 15 is 0 Å². The highest BCUT2D eigenvalue weighted by Crippen LogP contribution is 2.42. The van der Waals surface area contributed by atoms with Gasteiger partial charge in [0.05, 0.1) is 5.54 Å². The third kappa shape index (κ3) is 7.05. The van der Waals surface area contributed by atoms with Crippen LogP contribution in [0.1, 0.15) is 94.2 Å². The summed E-state index contributed by atoms with van der Waals surface area (Å²) in [5.41, 5.74) is 3.78. The summed E-state index contributed by atoms with van der Waals surface area (Å²) in [6.07, 6.45) is 12.2. The minimum absolute atomic E-state index is 0.260. The largest absolute Gasteiger partial charge is 0.303 e. The Bertz CT molecular complexity index is 833. The Labute approximate surface area is 202 Å². The number of rotatable bonds is 15. The Morgan fingerprint density at radius 3 is 1.48 bits per heavy atom. The monoisotopic (exact) mass is 441 g/mol. The van der Waals surface area contributed by atoms with E-state index < -0.39 is 0 Å². The molecule has 0 radical (unpaired) electrons. The highest BCUT2D eigenvalue weighted by atomic mass is 15.0. The Morgan fingerprint density at radius 1 is 0.576 bits per heavy atom. The second-order valence-corrected chi connectivity index (χ2v) is 9.43. The summed E-state index contributed by atoms with van der Waals surface area (Å²) in [5, 5.41) is 4.08. The Balaban J connectivity index is 1.74. The number of hydrogen-bond donors (Lipinski definition) is 1. The van der Waals surface area contributed by atoms with Crippen molar-refractivity contribution in [3.63, 3.8) is 0 Å². The molecule has 0 aromatic heterocycles. The van der Waals surface area contributed by atoms with E-state index in [0.717, 1.165) is 6.54 Å². The zero-order chi connectivity index (χ0) is 23.2. The van der Waals surface area contributed by atoms with Gasteiger partial charge in [-0.3, -0.25) is 0 Å². The maximum absolute atomic E-state index is 4.08. The molecule has 33 heavy (non-hydrogen) atoms. The average molecular weight is 442 g/mol.